The Morgan fingerprint density at radius 1 is 1.39 bits per heavy atom. The Labute approximate surface area is 104 Å². The van der Waals surface area contributed by atoms with Crippen LogP contribution < -0.4 is 16.0 Å². The minimum absolute atomic E-state index is 0.115. The van der Waals surface area contributed by atoms with Crippen molar-refractivity contribution < 1.29 is 15.0 Å². The highest BCUT2D eigenvalue weighted by atomic mass is 16.6. The molecule has 1 heterocycles. The highest BCUT2D eigenvalue weighted by molar-refractivity contribution is 5.99. The van der Waals surface area contributed by atoms with Gasteiger partial charge in [-0.15, -0.1) is 0 Å². The van der Waals surface area contributed by atoms with Gasteiger partial charge in [-0.1, -0.05) is 0 Å². The Morgan fingerprint density at radius 3 is 2.61 bits per heavy atom. The molecule has 0 atom stereocenters. The van der Waals surface area contributed by atoms with E-state index >= 15 is 0 Å². The van der Waals surface area contributed by atoms with Crippen LogP contribution in [0.1, 0.15) is 10.4 Å². The summed E-state index contributed by atoms with van der Waals surface area (Å²) in [7, 11) is 0. The van der Waals surface area contributed by atoms with Crippen LogP contribution in [0.2, 0.25) is 0 Å². The predicted octanol–water partition coefficient (Wildman–Crippen LogP) is -0.923. The third-order valence-electron chi connectivity index (χ3n) is 3.00. The molecule has 1 aliphatic rings. The average Bonchev–Trinajstić information content (AvgIpc) is 2.39. The Kier molecular flexibility index (Phi) is 3.42. The molecular weight excluding hydrogens is 236 g/mol. The average molecular weight is 251 g/mol. The topological polar surface area (TPSA) is 106 Å². The molecule has 1 aliphatic heterocycles. The van der Waals surface area contributed by atoms with Crippen LogP contribution in [0.4, 0.5) is 11.4 Å². The zero-order chi connectivity index (χ0) is 13.1. The molecule has 0 spiro atoms. The van der Waals surface area contributed by atoms with Crippen LogP contribution >= 0.6 is 0 Å². The predicted molar refractivity (Wildman–Crippen MR) is 65.5 cm³/mol. The van der Waals surface area contributed by atoms with Gasteiger partial charge >= 0.3 is 0 Å². The number of rotatable bonds is 3. The molecule has 0 radical (unpaired) electrons. The first-order chi connectivity index (χ1) is 8.59. The van der Waals surface area contributed by atoms with E-state index in [0.717, 1.165) is 26.2 Å². The van der Waals surface area contributed by atoms with Gasteiger partial charge in [-0.2, -0.15) is 0 Å². The molecular formula is C11H15N4O3+. The van der Waals surface area contributed by atoms with Crippen LogP contribution in [0.25, 0.3) is 0 Å². The molecule has 96 valence electrons. The smallest absolute Gasteiger partial charge is 0.270 e. The first-order valence-electron chi connectivity index (χ1n) is 5.74. The van der Waals surface area contributed by atoms with Crippen LogP contribution in [0.15, 0.2) is 18.2 Å². The third kappa shape index (κ3) is 2.40. The van der Waals surface area contributed by atoms with Crippen molar-refractivity contribution in [2.24, 2.45) is 5.73 Å². The maximum absolute atomic E-state index is 11.4. The van der Waals surface area contributed by atoms with Crippen LogP contribution in [0.5, 0.6) is 0 Å². The van der Waals surface area contributed by atoms with Gasteiger partial charge in [-0.05, 0) is 6.07 Å². The summed E-state index contributed by atoms with van der Waals surface area (Å²) in [4.78, 5) is 23.6. The Balaban J connectivity index is 2.39. The number of nitrogens with zero attached hydrogens (tertiary/aromatic N) is 2. The maximum atomic E-state index is 11.4. The molecule has 1 amide bonds. The van der Waals surface area contributed by atoms with Crippen molar-refractivity contribution in [3.8, 4) is 0 Å². The molecule has 0 bridgehead atoms. The normalized spacial score (nSPS) is 15.4. The minimum atomic E-state index is -0.636. The Bertz CT molecular complexity index is 483. The number of piperazine rings is 1. The van der Waals surface area contributed by atoms with Gasteiger partial charge in [-0.3, -0.25) is 14.9 Å². The zero-order valence-corrected chi connectivity index (χ0v) is 9.83. The molecule has 0 saturated carbocycles. The van der Waals surface area contributed by atoms with E-state index in [9.17, 15) is 14.9 Å². The molecule has 1 aromatic rings. The first-order valence-corrected chi connectivity index (χ1v) is 5.74. The molecule has 4 N–H and O–H groups in total. The number of hydrogen-bond acceptors (Lipinski definition) is 4. The summed E-state index contributed by atoms with van der Waals surface area (Å²) in [6.45, 7) is 3.49. The molecule has 18 heavy (non-hydrogen) atoms. The SMILES string of the molecule is NC(=O)c1cc([N+](=O)[O-])ccc1N1CC[NH2+]CC1. The Morgan fingerprint density at radius 2 is 2.06 bits per heavy atom. The molecule has 1 saturated heterocycles. The van der Waals surface area contributed by atoms with E-state index in [0.29, 0.717) is 5.69 Å². The maximum Gasteiger partial charge on any atom is 0.270 e. The van der Waals surface area contributed by atoms with Crippen LogP contribution in [-0.2, 0) is 0 Å². The number of primary amides is 1. The highest BCUT2D eigenvalue weighted by Gasteiger charge is 2.21. The summed E-state index contributed by atoms with van der Waals surface area (Å²) < 4.78 is 0. The van der Waals surface area contributed by atoms with E-state index in [2.05, 4.69) is 5.32 Å². The summed E-state index contributed by atoms with van der Waals surface area (Å²) in [5.74, 6) is -0.636. The van der Waals surface area contributed by atoms with E-state index < -0.39 is 10.8 Å². The fourth-order valence-electron chi connectivity index (χ4n) is 2.10. The fraction of sp³-hybridized carbons (Fsp3) is 0.364. The van der Waals surface area contributed by atoms with Crippen molar-refractivity contribution in [3.05, 3.63) is 33.9 Å². The second kappa shape index (κ2) is 5.01. The second-order valence-electron chi connectivity index (χ2n) is 4.18. The number of nitro benzene ring substituents is 1. The lowest BCUT2D eigenvalue weighted by molar-refractivity contribution is -0.655. The number of anilines is 1. The van der Waals surface area contributed by atoms with Gasteiger partial charge in [0.05, 0.1) is 42.4 Å². The van der Waals surface area contributed by atoms with Crippen molar-refractivity contribution >= 4 is 17.3 Å². The van der Waals surface area contributed by atoms with E-state index in [1.54, 1.807) is 6.07 Å². The lowest BCUT2D eigenvalue weighted by Gasteiger charge is -2.28. The molecule has 0 unspecified atom stereocenters. The molecule has 0 aromatic heterocycles. The number of hydrogen-bond donors (Lipinski definition) is 2. The number of benzene rings is 1. The van der Waals surface area contributed by atoms with Gasteiger partial charge in [0, 0.05) is 12.1 Å². The fourth-order valence-corrected chi connectivity index (χ4v) is 2.10. The number of non-ortho nitro benzene ring substituents is 1. The number of nitro groups is 1. The van der Waals surface area contributed by atoms with Gasteiger partial charge in [0.15, 0.2) is 0 Å². The zero-order valence-electron chi connectivity index (χ0n) is 9.83. The Hall–Kier alpha value is -2.15. The lowest BCUT2D eigenvalue weighted by Crippen LogP contribution is -2.89. The molecule has 7 nitrogen and oxygen atoms in total. The number of carbonyl (C=O) groups is 1. The first kappa shape index (κ1) is 12.3. The molecule has 1 aromatic carbocycles. The summed E-state index contributed by atoms with van der Waals surface area (Å²) in [5, 5.41) is 12.9. The van der Waals surface area contributed by atoms with Crippen molar-refractivity contribution in [1.82, 2.24) is 0 Å². The van der Waals surface area contributed by atoms with Gasteiger partial charge < -0.3 is 16.0 Å². The largest absolute Gasteiger partial charge is 0.366 e. The third-order valence-corrected chi connectivity index (χ3v) is 3.00. The molecule has 7 heteroatoms. The summed E-state index contributed by atoms with van der Waals surface area (Å²) >= 11 is 0. The quantitative estimate of drug-likeness (QED) is 0.535. The summed E-state index contributed by atoms with van der Waals surface area (Å²) in [6, 6.07) is 4.25. The standard InChI is InChI=1S/C11H14N4O3/c12-11(16)9-7-8(15(17)18)1-2-10(9)14-5-3-13-4-6-14/h1-2,7,13H,3-6H2,(H2,12,16)/p+1. The monoisotopic (exact) mass is 251 g/mol. The lowest BCUT2D eigenvalue weighted by atomic mass is 10.1. The van der Waals surface area contributed by atoms with E-state index in [-0.39, 0.29) is 11.3 Å². The van der Waals surface area contributed by atoms with Crippen molar-refractivity contribution in [1.29, 1.82) is 0 Å². The van der Waals surface area contributed by atoms with Crippen LogP contribution in [0.3, 0.4) is 0 Å². The van der Waals surface area contributed by atoms with Crippen molar-refractivity contribution in [3.63, 3.8) is 0 Å². The number of amides is 1. The van der Waals surface area contributed by atoms with E-state index in [1.807, 2.05) is 4.90 Å². The minimum Gasteiger partial charge on any atom is -0.366 e. The van der Waals surface area contributed by atoms with Crippen LogP contribution in [0, 0.1) is 10.1 Å². The van der Waals surface area contributed by atoms with Crippen molar-refractivity contribution in [2.75, 3.05) is 31.1 Å². The highest BCUT2D eigenvalue weighted by Crippen LogP contribution is 2.25. The van der Waals surface area contributed by atoms with Crippen LogP contribution in [-0.4, -0.2) is 37.0 Å². The number of quaternary nitrogens is 1. The molecule has 2 rings (SSSR count). The van der Waals surface area contributed by atoms with E-state index in [1.165, 1.54) is 12.1 Å². The molecule has 1 fully saturated rings. The van der Waals surface area contributed by atoms with Gasteiger partial charge in [-0.25, -0.2) is 0 Å². The van der Waals surface area contributed by atoms with Gasteiger partial charge in [0.25, 0.3) is 11.6 Å². The van der Waals surface area contributed by atoms with Crippen molar-refractivity contribution in [2.45, 2.75) is 0 Å². The second-order valence-corrected chi connectivity index (χ2v) is 4.18. The molecule has 0 aliphatic carbocycles. The summed E-state index contributed by atoms with van der Waals surface area (Å²) in [6.07, 6.45) is 0. The van der Waals surface area contributed by atoms with Gasteiger partial charge in [0.1, 0.15) is 0 Å². The van der Waals surface area contributed by atoms with E-state index in [4.69, 9.17) is 5.73 Å². The number of carbonyl (C=O) groups excluding carboxylic acids is 1. The van der Waals surface area contributed by atoms with Gasteiger partial charge in [0.2, 0.25) is 0 Å². The number of nitrogens with two attached hydrogens (primary N) is 2. The summed E-state index contributed by atoms with van der Waals surface area (Å²) in [5.41, 5.74) is 6.08.